The number of hydrogen-bond donors (Lipinski definition) is 0. The molecule has 2 aromatic rings. The second-order valence-corrected chi connectivity index (χ2v) is 5.64. The van der Waals surface area contributed by atoms with Crippen LogP contribution in [-0.4, -0.2) is 19.6 Å². The Morgan fingerprint density at radius 1 is 1.09 bits per heavy atom. The lowest BCUT2D eigenvalue weighted by Gasteiger charge is -2.19. The quantitative estimate of drug-likeness (QED) is 0.856. The second kappa shape index (κ2) is 5.99. The lowest BCUT2D eigenvalue weighted by Crippen LogP contribution is -2.27. The van der Waals surface area contributed by atoms with E-state index in [1.165, 1.54) is 24.1 Å². The molecule has 0 unspecified atom stereocenters. The maximum atomic E-state index is 14.6. The van der Waals surface area contributed by atoms with Crippen molar-refractivity contribution < 1.29 is 18.3 Å². The predicted octanol–water partition coefficient (Wildman–Crippen LogP) is 4.01. The van der Waals surface area contributed by atoms with Crippen LogP contribution in [0.3, 0.4) is 0 Å². The van der Waals surface area contributed by atoms with E-state index >= 15 is 0 Å². The average Bonchev–Trinajstić information content (AvgIpc) is 2.89. The number of carbonyl (C=O) groups is 1. The van der Waals surface area contributed by atoms with Gasteiger partial charge >= 0.3 is 0 Å². The highest BCUT2D eigenvalue weighted by atomic mass is 19.2. The highest BCUT2D eigenvalue weighted by Gasteiger charge is 2.32. The van der Waals surface area contributed by atoms with Gasteiger partial charge in [-0.2, -0.15) is 0 Å². The van der Waals surface area contributed by atoms with Crippen LogP contribution in [0.1, 0.15) is 13.3 Å². The van der Waals surface area contributed by atoms with E-state index in [2.05, 4.69) is 0 Å². The van der Waals surface area contributed by atoms with Crippen molar-refractivity contribution in [2.24, 2.45) is 5.92 Å². The Kier molecular flexibility index (Phi) is 4.03. The number of methoxy groups -OCH3 is 1. The molecule has 120 valence electrons. The van der Waals surface area contributed by atoms with E-state index in [0.717, 1.165) is 0 Å². The molecule has 0 radical (unpaired) electrons. The summed E-state index contributed by atoms with van der Waals surface area (Å²) in [6.07, 6.45) is 0.647. The maximum absolute atomic E-state index is 14.6. The monoisotopic (exact) mass is 317 g/mol. The average molecular weight is 317 g/mol. The van der Waals surface area contributed by atoms with Gasteiger partial charge in [0.2, 0.25) is 5.91 Å². The Balaban J connectivity index is 2.07. The van der Waals surface area contributed by atoms with Crippen molar-refractivity contribution in [2.75, 3.05) is 18.6 Å². The number of halogens is 2. The molecule has 0 aliphatic carbocycles. The van der Waals surface area contributed by atoms with Gasteiger partial charge in [0.1, 0.15) is 5.75 Å². The number of ether oxygens (including phenoxy) is 1. The van der Waals surface area contributed by atoms with Crippen molar-refractivity contribution >= 4 is 11.6 Å². The van der Waals surface area contributed by atoms with E-state index in [0.29, 0.717) is 24.3 Å². The maximum Gasteiger partial charge on any atom is 0.229 e. The number of rotatable bonds is 3. The number of hydrogen-bond acceptors (Lipinski definition) is 2. The molecule has 1 amide bonds. The smallest absolute Gasteiger partial charge is 0.229 e. The number of carbonyl (C=O) groups excluding carboxylic acids is 1. The van der Waals surface area contributed by atoms with Gasteiger partial charge in [-0.3, -0.25) is 4.79 Å². The van der Waals surface area contributed by atoms with Crippen LogP contribution in [0.25, 0.3) is 11.1 Å². The van der Waals surface area contributed by atoms with Gasteiger partial charge < -0.3 is 9.64 Å². The molecule has 0 aromatic heterocycles. The zero-order valence-corrected chi connectivity index (χ0v) is 13.0. The van der Waals surface area contributed by atoms with Crippen LogP contribution in [0.5, 0.6) is 5.75 Å². The van der Waals surface area contributed by atoms with E-state index in [1.807, 2.05) is 0 Å². The summed E-state index contributed by atoms with van der Waals surface area (Å²) < 4.78 is 34.3. The van der Waals surface area contributed by atoms with Crippen molar-refractivity contribution in [3.63, 3.8) is 0 Å². The minimum atomic E-state index is -1.00. The van der Waals surface area contributed by atoms with Crippen LogP contribution in [0, 0.1) is 17.6 Å². The summed E-state index contributed by atoms with van der Waals surface area (Å²) in [5.41, 5.74) is 0.581. The molecular weight excluding hydrogens is 300 g/mol. The third kappa shape index (κ3) is 2.56. The molecule has 0 spiro atoms. The molecule has 23 heavy (non-hydrogen) atoms. The van der Waals surface area contributed by atoms with Crippen LogP contribution in [-0.2, 0) is 4.79 Å². The van der Waals surface area contributed by atoms with Crippen molar-refractivity contribution in [3.8, 4) is 16.9 Å². The third-order valence-corrected chi connectivity index (χ3v) is 4.22. The Labute approximate surface area is 133 Å². The topological polar surface area (TPSA) is 29.5 Å². The summed E-state index contributed by atoms with van der Waals surface area (Å²) in [5, 5.41) is 0. The summed E-state index contributed by atoms with van der Waals surface area (Å²) in [7, 11) is 1.48. The van der Waals surface area contributed by atoms with E-state index < -0.39 is 11.6 Å². The lowest BCUT2D eigenvalue weighted by atomic mass is 10.0. The van der Waals surface area contributed by atoms with Crippen molar-refractivity contribution in [2.45, 2.75) is 13.3 Å². The van der Waals surface area contributed by atoms with Crippen LogP contribution in [0.2, 0.25) is 0 Å². The fourth-order valence-electron chi connectivity index (χ4n) is 2.88. The fourth-order valence-corrected chi connectivity index (χ4v) is 2.88. The first-order chi connectivity index (χ1) is 11.0. The van der Waals surface area contributed by atoms with Crippen molar-refractivity contribution in [1.82, 2.24) is 0 Å². The molecule has 5 heteroatoms. The summed E-state index contributed by atoms with van der Waals surface area (Å²) in [5.74, 6) is -1.85. The summed E-state index contributed by atoms with van der Waals surface area (Å²) in [6, 6.07) is 9.79. The molecule has 3 rings (SSSR count). The van der Waals surface area contributed by atoms with Gasteiger partial charge in [0.15, 0.2) is 11.6 Å². The van der Waals surface area contributed by atoms with Gasteiger partial charge in [-0.15, -0.1) is 0 Å². The molecule has 0 N–H and O–H groups in total. The van der Waals surface area contributed by atoms with Crippen LogP contribution >= 0.6 is 0 Å². The summed E-state index contributed by atoms with van der Waals surface area (Å²) >= 11 is 0. The van der Waals surface area contributed by atoms with Crippen LogP contribution in [0.15, 0.2) is 36.4 Å². The minimum Gasteiger partial charge on any atom is -0.496 e. The molecule has 0 saturated carbocycles. The number of benzene rings is 2. The highest BCUT2D eigenvalue weighted by molar-refractivity contribution is 5.97. The molecule has 2 aromatic carbocycles. The summed E-state index contributed by atoms with van der Waals surface area (Å²) in [6.45, 7) is 2.20. The first-order valence-electron chi connectivity index (χ1n) is 7.47. The summed E-state index contributed by atoms with van der Waals surface area (Å²) in [4.78, 5) is 13.4. The normalized spacial score (nSPS) is 17.7. The number of amides is 1. The number of nitrogens with zero attached hydrogens (tertiary/aromatic N) is 1. The van der Waals surface area contributed by atoms with E-state index in [1.54, 1.807) is 31.2 Å². The molecule has 1 fully saturated rings. The highest BCUT2D eigenvalue weighted by Crippen LogP contribution is 2.36. The Morgan fingerprint density at radius 2 is 1.83 bits per heavy atom. The minimum absolute atomic E-state index is 0.00417. The molecule has 1 aliphatic rings. The zero-order valence-electron chi connectivity index (χ0n) is 13.0. The van der Waals surface area contributed by atoms with E-state index in [4.69, 9.17) is 4.74 Å². The molecule has 1 saturated heterocycles. The van der Waals surface area contributed by atoms with Gasteiger partial charge in [-0.25, -0.2) is 8.78 Å². The second-order valence-electron chi connectivity index (χ2n) is 5.64. The van der Waals surface area contributed by atoms with Gasteiger partial charge in [0.25, 0.3) is 0 Å². The van der Waals surface area contributed by atoms with Gasteiger partial charge in [-0.1, -0.05) is 25.1 Å². The third-order valence-electron chi connectivity index (χ3n) is 4.22. The molecule has 1 atom stereocenters. The molecule has 1 aliphatic heterocycles. The first kappa shape index (κ1) is 15.5. The van der Waals surface area contributed by atoms with E-state index in [9.17, 15) is 13.6 Å². The largest absolute Gasteiger partial charge is 0.496 e. The number of anilines is 1. The Hall–Kier alpha value is -2.43. The van der Waals surface area contributed by atoms with Crippen LogP contribution in [0.4, 0.5) is 14.5 Å². The van der Waals surface area contributed by atoms with E-state index in [-0.39, 0.29) is 23.1 Å². The van der Waals surface area contributed by atoms with Crippen molar-refractivity contribution in [3.05, 3.63) is 48.0 Å². The Bertz CT molecular complexity index is 761. The van der Waals surface area contributed by atoms with Gasteiger partial charge in [0.05, 0.1) is 12.8 Å². The lowest BCUT2D eigenvalue weighted by molar-refractivity contribution is -0.119. The van der Waals surface area contributed by atoms with Gasteiger partial charge in [0, 0.05) is 23.6 Å². The Morgan fingerprint density at radius 3 is 2.48 bits per heavy atom. The molecule has 3 nitrogen and oxygen atoms in total. The van der Waals surface area contributed by atoms with Crippen molar-refractivity contribution in [1.29, 1.82) is 0 Å². The molecule has 1 heterocycles. The predicted molar refractivity (Wildman–Crippen MR) is 84.5 cm³/mol. The zero-order chi connectivity index (χ0) is 16.6. The first-order valence-corrected chi connectivity index (χ1v) is 7.47. The fraction of sp³-hybridized carbons (Fsp3) is 0.278. The van der Waals surface area contributed by atoms with Gasteiger partial charge in [-0.05, 0) is 24.6 Å². The van der Waals surface area contributed by atoms with Crippen LogP contribution < -0.4 is 9.64 Å². The standard InChI is InChI=1S/C18H17F2NO2/c1-11-9-10-21(18(11)22)14-8-7-13(16(19)17(14)20)12-5-3-4-6-15(12)23-2/h3-8,11H,9-10H2,1-2H3/t11-/m1/s1. The molecular formula is C18H17F2NO2. The number of para-hydroxylation sites is 1. The molecule has 0 bridgehead atoms. The SMILES string of the molecule is COc1ccccc1-c1ccc(N2CC[C@@H](C)C2=O)c(F)c1F.